The number of carbonyl (C=O) groups is 1. The average molecular weight is 297 g/mol. The van der Waals surface area contributed by atoms with Gasteiger partial charge in [-0.1, -0.05) is 6.07 Å². The fourth-order valence-corrected chi connectivity index (χ4v) is 2.24. The summed E-state index contributed by atoms with van der Waals surface area (Å²) in [6.07, 6.45) is 2.45. The largest absolute Gasteiger partial charge is 0.463 e. The molecule has 0 bridgehead atoms. The van der Waals surface area contributed by atoms with Gasteiger partial charge in [0, 0.05) is 0 Å². The van der Waals surface area contributed by atoms with Crippen LogP contribution in [0.1, 0.15) is 23.6 Å². The van der Waals surface area contributed by atoms with Crippen molar-refractivity contribution in [2.45, 2.75) is 20.8 Å². The summed E-state index contributed by atoms with van der Waals surface area (Å²) in [7, 11) is 0. The Hall–Kier alpha value is -2.87. The van der Waals surface area contributed by atoms with Gasteiger partial charge in [0.2, 0.25) is 0 Å². The number of ether oxygens (including phenoxy) is 1. The van der Waals surface area contributed by atoms with Crippen molar-refractivity contribution in [1.29, 1.82) is 5.26 Å². The third kappa shape index (κ3) is 2.91. The van der Waals surface area contributed by atoms with Gasteiger partial charge in [0.15, 0.2) is 5.43 Å². The maximum absolute atomic E-state index is 12.5. The zero-order valence-corrected chi connectivity index (χ0v) is 12.6. The lowest BCUT2D eigenvalue weighted by Gasteiger charge is -2.04. The quantitative estimate of drug-likeness (QED) is 0.494. The molecule has 0 atom stereocenters. The molecular weight excluding hydrogens is 282 g/mol. The lowest BCUT2D eigenvalue weighted by Crippen LogP contribution is -2.10. The van der Waals surface area contributed by atoms with Crippen LogP contribution in [0.4, 0.5) is 0 Å². The molecule has 112 valence electrons. The Labute approximate surface area is 127 Å². The van der Waals surface area contributed by atoms with E-state index < -0.39 is 5.97 Å². The number of rotatable bonds is 3. The van der Waals surface area contributed by atoms with E-state index >= 15 is 0 Å². The second-order valence-electron chi connectivity index (χ2n) is 4.87. The predicted octanol–water partition coefficient (Wildman–Crippen LogP) is 2.88. The van der Waals surface area contributed by atoms with Crippen molar-refractivity contribution in [2.24, 2.45) is 0 Å². The molecule has 0 N–H and O–H groups in total. The third-order valence-electron chi connectivity index (χ3n) is 3.16. The summed E-state index contributed by atoms with van der Waals surface area (Å²) in [4.78, 5) is 24.1. The van der Waals surface area contributed by atoms with Crippen LogP contribution in [-0.4, -0.2) is 12.6 Å². The number of hydrogen-bond donors (Lipinski definition) is 0. The van der Waals surface area contributed by atoms with Crippen molar-refractivity contribution in [3.63, 3.8) is 0 Å². The first kappa shape index (κ1) is 15.5. The minimum Gasteiger partial charge on any atom is -0.463 e. The highest BCUT2D eigenvalue weighted by atomic mass is 16.5. The summed E-state index contributed by atoms with van der Waals surface area (Å²) in [5.41, 5.74) is 1.88. The molecule has 0 aliphatic carbocycles. The highest BCUT2D eigenvalue weighted by molar-refractivity contribution is 5.98. The average Bonchev–Trinajstić information content (AvgIpc) is 2.46. The van der Waals surface area contributed by atoms with E-state index in [0.717, 1.165) is 11.1 Å². The molecule has 1 aromatic heterocycles. The van der Waals surface area contributed by atoms with E-state index in [9.17, 15) is 9.59 Å². The summed E-state index contributed by atoms with van der Waals surface area (Å²) in [5, 5.41) is 9.47. The van der Waals surface area contributed by atoms with Crippen LogP contribution in [0.25, 0.3) is 17.0 Å². The molecule has 5 heteroatoms. The summed E-state index contributed by atoms with van der Waals surface area (Å²) in [6.45, 7) is 5.52. The fourth-order valence-electron chi connectivity index (χ4n) is 2.24. The number of nitriles is 1. The van der Waals surface area contributed by atoms with Crippen molar-refractivity contribution in [1.82, 2.24) is 0 Å². The van der Waals surface area contributed by atoms with Gasteiger partial charge >= 0.3 is 5.97 Å². The summed E-state index contributed by atoms with van der Waals surface area (Å²) in [5.74, 6) is -0.759. The van der Waals surface area contributed by atoms with E-state index in [1.807, 2.05) is 19.9 Å². The van der Waals surface area contributed by atoms with Gasteiger partial charge in [-0.15, -0.1) is 0 Å². The highest BCUT2D eigenvalue weighted by Crippen LogP contribution is 2.19. The van der Waals surface area contributed by atoms with Crippen molar-refractivity contribution >= 4 is 23.0 Å². The smallest absolute Gasteiger partial charge is 0.348 e. The van der Waals surface area contributed by atoms with Gasteiger partial charge in [-0.25, -0.2) is 4.79 Å². The van der Waals surface area contributed by atoms with Gasteiger partial charge < -0.3 is 9.15 Å². The fraction of sp³-hybridized carbons (Fsp3) is 0.235. The Morgan fingerprint density at radius 3 is 2.77 bits per heavy atom. The van der Waals surface area contributed by atoms with Crippen LogP contribution in [0.15, 0.2) is 33.2 Å². The molecule has 0 saturated heterocycles. The lowest BCUT2D eigenvalue weighted by atomic mass is 10.0. The standard InChI is InChI=1S/C17H15NO4/c1-4-21-17(20)12(8-18)7-13-9-22-14-6-10(2)5-11(3)15(14)16(13)19/h5-7,9H,4H2,1-3H3/b12-7+. The number of carbonyl (C=O) groups excluding carboxylic acids is 1. The molecule has 1 heterocycles. The Bertz CT molecular complexity index is 869. The minimum atomic E-state index is -0.759. The SMILES string of the molecule is CCOC(=O)/C(C#N)=C/c1coc2cc(C)cc(C)c2c1=O. The van der Waals surface area contributed by atoms with Crippen LogP contribution in [0, 0.1) is 25.2 Å². The zero-order valence-electron chi connectivity index (χ0n) is 12.6. The van der Waals surface area contributed by atoms with Crippen LogP contribution >= 0.6 is 0 Å². The summed E-state index contributed by atoms with van der Waals surface area (Å²) in [6, 6.07) is 5.39. The van der Waals surface area contributed by atoms with Gasteiger partial charge in [-0.05, 0) is 44.0 Å². The van der Waals surface area contributed by atoms with Crippen molar-refractivity contribution < 1.29 is 13.9 Å². The number of benzene rings is 1. The number of fused-ring (bicyclic) bond motifs is 1. The lowest BCUT2D eigenvalue weighted by molar-refractivity contribution is -0.137. The van der Waals surface area contributed by atoms with E-state index in [1.165, 1.54) is 12.3 Å². The molecule has 0 saturated carbocycles. The van der Waals surface area contributed by atoms with Gasteiger partial charge in [0.1, 0.15) is 23.5 Å². The molecular formula is C17H15NO4. The maximum atomic E-state index is 12.5. The van der Waals surface area contributed by atoms with Gasteiger partial charge in [-0.2, -0.15) is 5.26 Å². The molecule has 0 amide bonds. The first-order chi connectivity index (χ1) is 10.5. The molecule has 0 unspecified atom stereocenters. The van der Waals surface area contributed by atoms with Crippen LogP contribution in [0.3, 0.4) is 0 Å². The zero-order chi connectivity index (χ0) is 16.3. The Kier molecular flexibility index (Phi) is 4.42. The molecule has 0 spiro atoms. The maximum Gasteiger partial charge on any atom is 0.348 e. The highest BCUT2D eigenvalue weighted by Gasteiger charge is 2.13. The van der Waals surface area contributed by atoms with Crippen molar-refractivity contribution in [3.05, 3.63) is 50.9 Å². The van der Waals surface area contributed by atoms with Crippen LogP contribution < -0.4 is 5.43 Å². The van der Waals surface area contributed by atoms with Gasteiger partial charge in [-0.3, -0.25) is 4.79 Å². The first-order valence-electron chi connectivity index (χ1n) is 6.79. The van der Waals surface area contributed by atoms with Crippen LogP contribution in [0.5, 0.6) is 0 Å². The molecule has 0 aliphatic rings. The molecule has 2 rings (SSSR count). The Morgan fingerprint density at radius 1 is 1.41 bits per heavy atom. The second-order valence-corrected chi connectivity index (χ2v) is 4.87. The molecule has 0 aliphatic heterocycles. The van der Waals surface area contributed by atoms with E-state index in [1.54, 1.807) is 19.1 Å². The molecule has 0 radical (unpaired) electrons. The van der Waals surface area contributed by atoms with Crippen molar-refractivity contribution in [2.75, 3.05) is 6.61 Å². The Morgan fingerprint density at radius 2 is 2.14 bits per heavy atom. The van der Waals surface area contributed by atoms with E-state index in [0.29, 0.717) is 11.0 Å². The third-order valence-corrected chi connectivity index (χ3v) is 3.16. The van der Waals surface area contributed by atoms with Gasteiger partial charge in [0.25, 0.3) is 0 Å². The molecule has 0 fully saturated rings. The molecule has 22 heavy (non-hydrogen) atoms. The van der Waals surface area contributed by atoms with E-state index in [4.69, 9.17) is 14.4 Å². The molecule has 2 aromatic rings. The molecule has 1 aromatic carbocycles. The van der Waals surface area contributed by atoms with Crippen LogP contribution in [-0.2, 0) is 9.53 Å². The number of esters is 1. The number of hydrogen-bond acceptors (Lipinski definition) is 5. The summed E-state index contributed by atoms with van der Waals surface area (Å²) < 4.78 is 10.2. The predicted molar refractivity (Wildman–Crippen MR) is 82.2 cm³/mol. The normalized spacial score (nSPS) is 11.3. The number of aryl methyl sites for hydroxylation is 2. The Balaban J connectivity index is 2.63. The van der Waals surface area contributed by atoms with E-state index in [2.05, 4.69) is 0 Å². The van der Waals surface area contributed by atoms with E-state index in [-0.39, 0.29) is 23.2 Å². The molecule has 5 nitrogen and oxygen atoms in total. The monoisotopic (exact) mass is 297 g/mol. The first-order valence-corrected chi connectivity index (χ1v) is 6.79. The number of nitrogens with zero attached hydrogens (tertiary/aromatic N) is 1. The van der Waals surface area contributed by atoms with Crippen LogP contribution in [0.2, 0.25) is 0 Å². The topological polar surface area (TPSA) is 80.3 Å². The van der Waals surface area contributed by atoms with Gasteiger partial charge in [0.05, 0.1) is 17.6 Å². The minimum absolute atomic E-state index is 0.143. The summed E-state index contributed by atoms with van der Waals surface area (Å²) >= 11 is 0. The van der Waals surface area contributed by atoms with Crippen molar-refractivity contribution in [3.8, 4) is 6.07 Å². The second kappa shape index (κ2) is 6.27.